The highest BCUT2D eigenvalue weighted by atomic mass is 35.5. The number of benzene rings is 2. The molecule has 0 spiro atoms. The second-order valence-electron chi connectivity index (χ2n) is 8.08. The Kier molecular flexibility index (Phi) is 10.7. The van der Waals surface area contributed by atoms with Gasteiger partial charge in [0.05, 0.1) is 38.5 Å². The van der Waals surface area contributed by atoms with Crippen LogP contribution in [0.15, 0.2) is 36.4 Å². The van der Waals surface area contributed by atoms with E-state index >= 15 is 0 Å². The molecule has 0 aromatic heterocycles. The van der Waals surface area contributed by atoms with Gasteiger partial charge in [0.1, 0.15) is 0 Å². The predicted octanol–water partition coefficient (Wildman–Crippen LogP) is 8.26. The minimum atomic E-state index is -5.16. The van der Waals surface area contributed by atoms with Crippen molar-refractivity contribution in [3.8, 4) is 0 Å². The normalized spacial score (nSPS) is 13.3. The number of carbonyl (C=O) groups excluding carboxylic acids is 2. The van der Waals surface area contributed by atoms with Gasteiger partial charge >= 0.3 is 24.6 Å². The summed E-state index contributed by atoms with van der Waals surface area (Å²) in [6.07, 6.45) is -14.7. The number of nitrogens with one attached hydrogen (secondary N) is 2. The van der Waals surface area contributed by atoms with Crippen LogP contribution in [0.3, 0.4) is 0 Å². The first-order valence-electron chi connectivity index (χ1n) is 10.7. The van der Waals surface area contributed by atoms with Crippen LogP contribution in [0.1, 0.15) is 39.4 Å². The van der Waals surface area contributed by atoms with Gasteiger partial charge in [0.2, 0.25) is 0 Å². The summed E-state index contributed by atoms with van der Waals surface area (Å²) >= 11 is 17.4. The molecule has 0 heterocycles. The molecule has 0 aliphatic carbocycles. The number of urea groups is 1. The minimum Gasteiger partial charge on any atom is -0.336 e. The lowest BCUT2D eigenvalue weighted by molar-refractivity contribution is -0.139. The van der Waals surface area contributed by atoms with Gasteiger partial charge in [-0.25, -0.2) is 9.80 Å². The summed E-state index contributed by atoms with van der Waals surface area (Å²) in [4.78, 5) is 24.3. The number of halogens is 12. The quantitative estimate of drug-likeness (QED) is 0.189. The zero-order chi connectivity index (χ0) is 30.6. The van der Waals surface area contributed by atoms with Crippen molar-refractivity contribution >= 4 is 52.8 Å². The van der Waals surface area contributed by atoms with Gasteiger partial charge in [0.15, 0.2) is 0 Å². The molecule has 0 fully saturated rings. The molecule has 0 aliphatic heterocycles. The van der Waals surface area contributed by atoms with Gasteiger partial charge in [-0.05, 0) is 35.4 Å². The number of hydrazine groups is 1. The fraction of sp³-hybridized carbons (Fsp3) is 0.304. The van der Waals surface area contributed by atoms with Crippen LogP contribution in [0.25, 0.3) is 6.08 Å². The highest BCUT2D eigenvalue weighted by Gasteiger charge is 2.40. The molecule has 1 unspecified atom stereocenters. The van der Waals surface area contributed by atoms with E-state index in [2.05, 4.69) is 0 Å². The molecule has 0 saturated heterocycles. The summed E-state index contributed by atoms with van der Waals surface area (Å²) in [6.45, 7) is -0.856. The number of amides is 3. The zero-order valence-corrected chi connectivity index (χ0v) is 22.1. The average molecular weight is 645 g/mol. The first-order chi connectivity index (χ1) is 18.2. The monoisotopic (exact) mass is 643 g/mol. The molecule has 0 aliphatic rings. The van der Waals surface area contributed by atoms with Crippen molar-refractivity contribution in [3.63, 3.8) is 0 Å². The molecule has 0 saturated carbocycles. The van der Waals surface area contributed by atoms with Gasteiger partial charge < -0.3 is 5.32 Å². The smallest absolute Gasteiger partial charge is 0.336 e. The SMILES string of the molecule is CN(NC(=O)c1ccc(C=CC(c2cc(Cl)c(Cl)c(Cl)c2)C(F)(F)F)cc1C(F)(F)F)C(=O)NCCC(F)(F)F. The number of nitrogens with zero attached hydrogens (tertiary/aromatic N) is 1. The standard InChI is InChI=1S/C23H17Cl3F9N3O2/c1-38(20(40)36-7-6-21(27,28)29)37-19(39)13-4-2-11(8-15(13)23(33,34)35)3-5-14(22(30,31)32)12-9-16(24)18(26)17(25)10-12/h2-5,8-10,14H,6-7H2,1H3,(H,36,40)(H,37,39). The average Bonchev–Trinajstić information content (AvgIpc) is 2.80. The Bertz CT molecular complexity index is 1260. The molecule has 17 heteroatoms. The van der Waals surface area contributed by atoms with Crippen LogP contribution in [0, 0.1) is 0 Å². The molecular formula is C23H17Cl3F9N3O2. The first-order valence-corrected chi connectivity index (χ1v) is 11.8. The van der Waals surface area contributed by atoms with E-state index in [9.17, 15) is 49.1 Å². The lowest BCUT2D eigenvalue weighted by Gasteiger charge is -2.21. The van der Waals surface area contributed by atoms with E-state index < -0.39 is 66.0 Å². The van der Waals surface area contributed by atoms with Gasteiger partial charge in [-0.15, -0.1) is 0 Å². The van der Waals surface area contributed by atoms with E-state index in [1.54, 1.807) is 5.43 Å². The van der Waals surface area contributed by atoms with E-state index in [-0.39, 0.29) is 20.6 Å². The zero-order valence-electron chi connectivity index (χ0n) is 19.8. The summed E-state index contributed by atoms with van der Waals surface area (Å²) < 4.78 is 119. The fourth-order valence-electron chi connectivity index (χ4n) is 3.16. The van der Waals surface area contributed by atoms with Crippen molar-refractivity contribution in [2.24, 2.45) is 0 Å². The Morgan fingerprint density at radius 2 is 1.52 bits per heavy atom. The number of alkyl halides is 9. The third-order valence-electron chi connectivity index (χ3n) is 5.05. The summed E-state index contributed by atoms with van der Waals surface area (Å²) in [5.41, 5.74) is -1.60. The molecule has 0 bridgehead atoms. The molecular weight excluding hydrogens is 628 g/mol. The van der Waals surface area contributed by atoms with Crippen molar-refractivity contribution in [2.45, 2.75) is 30.9 Å². The lowest BCUT2D eigenvalue weighted by Crippen LogP contribution is -2.49. The van der Waals surface area contributed by atoms with Crippen LogP contribution >= 0.6 is 34.8 Å². The van der Waals surface area contributed by atoms with Crippen LogP contribution in [-0.2, 0) is 6.18 Å². The van der Waals surface area contributed by atoms with Gasteiger partial charge in [0.25, 0.3) is 5.91 Å². The highest BCUT2D eigenvalue weighted by Crippen LogP contribution is 2.41. The molecule has 40 heavy (non-hydrogen) atoms. The Morgan fingerprint density at radius 3 is 2.02 bits per heavy atom. The second kappa shape index (κ2) is 12.8. The van der Waals surface area contributed by atoms with E-state index in [0.717, 1.165) is 31.3 Å². The van der Waals surface area contributed by atoms with Crippen molar-refractivity contribution in [2.75, 3.05) is 13.6 Å². The van der Waals surface area contributed by atoms with Crippen LogP contribution in [-0.4, -0.2) is 42.9 Å². The van der Waals surface area contributed by atoms with Crippen LogP contribution in [0.2, 0.25) is 15.1 Å². The summed E-state index contributed by atoms with van der Waals surface area (Å²) in [5, 5.41) is 1.41. The number of rotatable bonds is 6. The molecule has 2 aromatic rings. The predicted molar refractivity (Wildman–Crippen MR) is 130 cm³/mol. The third kappa shape index (κ3) is 9.37. The van der Waals surface area contributed by atoms with Crippen LogP contribution < -0.4 is 10.7 Å². The molecule has 220 valence electrons. The number of hydrogen-bond acceptors (Lipinski definition) is 2. The maximum atomic E-state index is 13.7. The van der Waals surface area contributed by atoms with Crippen molar-refractivity contribution in [1.29, 1.82) is 0 Å². The summed E-state index contributed by atoms with van der Waals surface area (Å²) in [6, 6.07) is 2.55. The van der Waals surface area contributed by atoms with E-state index in [0.29, 0.717) is 23.2 Å². The molecule has 3 amide bonds. The topological polar surface area (TPSA) is 61.4 Å². The summed E-state index contributed by atoms with van der Waals surface area (Å²) in [7, 11) is 0.873. The largest absolute Gasteiger partial charge is 0.417 e. The van der Waals surface area contributed by atoms with Gasteiger partial charge in [-0.3, -0.25) is 10.2 Å². The Hall–Kier alpha value is -2.84. The van der Waals surface area contributed by atoms with Crippen molar-refractivity contribution < 1.29 is 49.1 Å². The molecule has 1 atom stereocenters. The third-order valence-corrected chi connectivity index (χ3v) is 6.25. The Balaban J connectivity index is 2.33. The maximum absolute atomic E-state index is 13.7. The van der Waals surface area contributed by atoms with E-state index in [4.69, 9.17) is 34.8 Å². The van der Waals surface area contributed by atoms with Crippen LogP contribution in [0.4, 0.5) is 44.3 Å². The molecule has 2 aromatic carbocycles. The van der Waals surface area contributed by atoms with Gasteiger partial charge in [0, 0.05) is 13.6 Å². The van der Waals surface area contributed by atoms with Crippen molar-refractivity contribution in [3.05, 3.63) is 73.7 Å². The first kappa shape index (κ1) is 33.4. The lowest BCUT2D eigenvalue weighted by atomic mass is 9.96. The summed E-state index contributed by atoms with van der Waals surface area (Å²) in [5.74, 6) is -3.81. The fourth-order valence-corrected chi connectivity index (χ4v) is 3.78. The van der Waals surface area contributed by atoms with Gasteiger partial charge in [-0.2, -0.15) is 39.5 Å². The van der Waals surface area contributed by atoms with E-state index in [1.165, 1.54) is 0 Å². The van der Waals surface area contributed by atoms with Crippen LogP contribution in [0.5, 0.6) is 0 Å². The second-order valence-corrected chi connectivity index (χ2v) is 9.27. The van der Waals surface area contributed by atoms with Gasteiger partial charge in [-0.1, -0.05) is 53.0 Å². The minimum absolute atomic E-state index is 0.190. The molecule has 0 radical (unpaired) electrons. The Labute approximate surface area is 235 Å². The number of hydrogen-bond donors (Lipinski definition) is 2. The van der Waals surface area contributed by atoms with E-state index in [1.807, 2.05) is 5.32 Å². The Morgan fingerprint density at radius 1 is 0.950 bits per heavy atom. The number of allylic oxidation sites excluding steroid dienone is 1. The maximum Gasteiger partial charge on any atom is 0.417 e. The molecule has 5 nitrogen and oxygen atoms in total. The van der Waals surface area contributed by atoms with Crippen molar-refractivity contribution in [1.82, 2.24) is 15.8 Å². The molecule has 2 N–H and O–H groups in total. The molecule has 2 rings (SSSR count). The number of carbonyl (C=O) groups is 2. The highest BCUT2D eigenvalue weighted by molar-refractivity contribution is 6.48.